The Morgan fingerprint density at radius 2 is 2.06 bits per heavy atom. The van der Waals surface area contributed by atoms with Gasteiger partial charge in [0.15, 0.2) is 5.69 Å². The van der Waals surface area contributed by atoms with Crippen molar-refractivity contribution >= 4 is 11.9 Å². The van der Waals surface area contributed by atoms with Gasteiger partial charge in [-0.1, -0.05) is 6.07 Å². The smallest absolute Gasteiger partial charge is 0.356 e. The molecule has 1 aromatic carbocycles. The van der Waals surface area contributed by atoms with Crippen LogP contribution in [-0.2, 0) is 0 Å². The van der Waals surface area contributed by atoms with Gasteiger partial charge in [0, 0.05) is 11.8 Å². The molecule has 0 fully saturated rings. The van der Waals surface area contributed by atoms with Crippen LogP contribution in [0.1, 0.15) is 26.4 Å². The van der Waals surface area contributed by atoms with Gasteiger partial charge in [0.1, 0.15) is 5.82 Å². The molecule has 0 saturated heterocycles. The maximum atomic E-state index is 13.1. The van der Waals surface area contributed by atoms with Crippen LogP contribution in [0.15, 0.2) is 30.5 Å². The molecular formula is C12H9FN2O3. The number of carboxylic acid groups (broad SMARTS) is 1. The molecule has 5 nitrogen and oxygen atoms in total. The fourth-order valence-corrected chi connectivity index (χ4v) is 1.50. The molecule has 0 aliphatic rings. The number of aromatic carboxylic acids is 1. The van der Waals surface area contributed by atoms with Gasteiger partial charge >= 0.3 is 5.97 Å². The highest BCUT2D eigenvalue weighted by Gasteiger charge is 2.15. The van der Waals surface area contributed by atoms with Crippen LogP contribution < -0.4 is 0 Å². The van der Waals surface area contributed by atoms with E-state index in [0.717, 1.165) is 10.7 Å². The van der Waals surface area contributed by atoms with Crippen LogP contribution in [0.25, 0.3) is 0 Å². The van der Waals surface area contributed by atoms with Crippen molar-refractivity contribution in [1.29, 1.82) is 0 Å². The molecule has 1 N–H and O–H groups in total. The van der Waals surface area contributed by atoms with Gasteiger partial charge in [-0.2, -0.15) is 5.10 Å². The first-order valence-electron chi connectivity index (χ1n) is 5.09. The minimum absolute atomic E-state index is 0.148. The zero-order chi connectivity index (χ0) is 13.3. The third kappa shape index (κ3) is 2.13. The number of carbonyl (C=O) groups is 2. The summed E-state index contributed by atoms with van der Waals surface area (Å²) in [6.45, 7) is 1.66. The monoisotopic (exact) mass is 248 g/mol. The zero-order valence-electron chi connectivity index (χ0n) is 9.42. The molecular weight excluding hydrogens is 239 g/mol. The van der Waals surface area contributed by atoms with Gasteiger partial charge in [-0.25, -0.2) is 13.9 Å². The van der Waals surface area contributed by atoms with Gasteiger partial charge in [0.25, 0.3) is 5.91 Å². The van der Waals surface area contributed by atoms with Crippen molar-refractivity contribution in [2.45, 2.75) is 6.92 Å². The molecule has 0 saturated carbocycles. The lowest BCUT2D eigenvalue weighted by Gasteiger charge is -2.04. The second-order valence-electron chi connectivity index (χ2n) is 3.72. The summed E-state index contributed by atoms with van der Waals surface area (Å²) < 4.78 is 14.0. The Morgan fingerprint density at radius 3 is 2.67 bits per heavy atom. The summed E-state index contributed by atoms with van der Waals surface area (Å²) >= 11 is 0. The lowest BCUT2D eigenvalue weighted by Crippen LogP contribution is -2.15. The number of carbonyl (C=O) groups excluding carboxylic acids is 1. The Kier molecular flexibility index (Phi) is 2.93. The SMILES string of the molecule is Cc1ccc(F)cc1C(=O)n1ccc(C(=O)O)n1. The lowest BCUT2D eigenvalue weighted by molar-refractivity contribution is 0.0689. The van der Waals surface area contributed by atoms with Crippen molar-refractivity contribution in [3.8, 4) is 0 Å². The molecule has 1 heterocycles. The van der Waals surface area contributed by atoms with Crippen LogP contribution in [0.4, 0.5) is 4.39 Å². The van der Waals surface area contributed by atoms with E-state index in [9.17, 15) is 14.0 Å². The van der Waals surface area contributed by atoms with Crippen LogP contribution in [0.3, 0.4) is 0 Å². The maximum Gasteiger partial charge on any atom is 0.356 e. The first kappa shape index (κ1) is 12.0. The summed E-state index contributed by atoms with van der Waals surface area (Å²) in [5.74, 6) is -2.33. The number of benzene rings is 1. The maximum absolute atomic E-state index is 13.1. The number of hydrogen-bond donors (Lipinski definition) is 1. The quantitative estimate of drug-likeness (QED) is 0.878. The summed E-state index contributed by atoms with van der Waals surface area (Å²) in [5, 5.41) is 12.3. The molecule has 1 aromatic heterocycles. The van der Waals surface area contributed by atoms with E-state index in [4.69, 9.17) is 5.11 Å². The lowest BCUT2D eigenvalue weighted by atomic mass is 10.1. The second-order valence-corrected chi connectivity index (χ2v) is 3.72. The number of aromatic nitrogens is 2. The zero-order valence-corrected chi connectivity index (χ0v) is 9.42. The highest BCUT2D eigenvalue weighted by atomic mass is 19.1. The van der Waals surface area contributed by atoms with E-state index in [1.165, 1.54) is 24.4 Å². The number of nitrogens with zero attached hydrogens (tertiary/aromatic N) is 2. The van der Waals surface area contributed by atoms with Gasteiger partial charge in [0.05, 0.1) is 0 Å². The molecule has 2 rings (SSSR count). The molecule has 0 aliphatic carbocycles. The normalized spacial score (nSPS) is 10.3. The van der Waals surface area contributed by atoms with Crippen LogP contribution >= 0.6 is 0 Å². The topological polar surface area (TPSA) is 72.2 Å². The van der Waals surface area contributed by atoms with Gasteiger partial charge < -0.3 is 5.11 Å². The molecule has 6 heteroatoms. The van der Waals surface area contributed by atoms with Crippen molar-refractivity contribution in [3.05, 3.63) is 53.1 Å². The fourth-order valence-electron chi connectivity index (χ4n) is 1.50. The molecule has 0 radical (unpaired) electrons. The molecule has 0 atom stereocenters. The predicted molar refractivity (Wildman–Crippen MR) is 60.1 cm³/mol. The largest absolute Gasteiger partial charge is 0.476 e. The van der Waals surface area contributed by atoms with Crippen LogP contribution in [0.5, 0.6) is 0 Å². The van der Waals surface area contributed by atoms with Crippen molar-refractivity contribution in [1.82, 2.24) is 9.78 Å². The second kappa shape index (κ2) is 4.40. The average molecular weight is 248 g/mol. The summed E-state index contributed by atoms with van der Waals surface area (Å²) in [6.07, 6.45) is 1.23. The number of carboxylic acids is 1. The summed E-state index contributed by atoms with van der Waals surface area (Å²) in [5.41, 5.74) is 0.501. The summed E-state index contributed by atoms with van der Waals surface area (Å²) in [6, 6.07) is 5.02. The number of halogens is 1. The van der Waals surface area contributed by atoms with E-state index in [1.54, 1.807) is 6.92 Å². The predicted octanol–water partition coefficient (Wildman–Crippen LogP) is 1.72. The van der Waals surface area contributed by atoms with E-state index in [1.807, 2.05) is 0 Å². The minimum Gasteiger partial charge on any atom is -0.476 e. The van der Waals surface area contributed by atoms with Crippen molar-refractivity contribution in [3.63, 3.8) is 0 Å². The van der Waals surface area contributed by atoms with Crippen LogP contribution in [0, 0.1) is 12.7 Å². The van der Waals surface area contributed by atoms with Crippen molar-refractivity contribution in [2.75, 3.05) is 0 Å². The van der Waals surface area contributed by atoms with Crippen molar-refractivity contribution in [2.24, 2.45) is 0 Å². The molecule has 0 unspecified atom stereocenters. The fraction of sp³-hybridized carbons (Fsp3) is 0.0833. The van der Waals surface area contributed by atoms with Crippen LogP contribution in [0.2, 0.25) is 0 Å². The van der Waals surface area contributed by atoms with E-state index in [2.05, 4.69) is 5.10 Å². The van der Waals surface area contributed by atoms with E-state index >= 15 is 0 Å². The third-order valence-electron chi connectivity index (χ3n) is 2.45. The molecule has 2 aromatic rings. The van der Waals surface area contributed by atoms with Gasteiger partial charge in [-0.15, -0.1) is 0 Å². The first-order chi connectivity index (χ1) is 8.49. The van der Waals surface area contributed by atoms with Crippen molar-refractivity contribution < 1.29 is 19.1 Å². The van der Waals surface area contributed by atoms with Gasteiger partial charge in [-0.05, 0) is 30.7 Å². The van der Waals surface area contributed by atoms with Crippen LogP contribution in [-0.4, -0.2) is 26.8 Å². The van der Waals surface area contributed by atoms with E-state index in [-0.39, 0.29) is 11.3 Å². The van der Waals surface area contributed by atoms with Gasteiger partial charge in [0.2, 0.25) is 0 Å². The third-order valence-corrected chi connectivity index (χ3v) is 2.45. The van der Waals surface area contributed by atoms with Gasteiger partial charge in [-0.3, -0.25) is 4.79 Å². The molecule has 18 heavy (non-hydrogen) atoms. The Bertz CT molecular complexity index is 634. The standard InChI is InChI=1S/C12H9FN2O3/c1-7-2-3-8(13)6-9(7)11(16)15-5-4-10(14-15)12(17)18/h2-6H,1H3,(H,17,18). The number of aryl methyl sites for hydroxylation is 1. The number of rotatable bonds is 2. The summed E-state index contributed by atoms with van der Waals surface area (Å²) in [7, 11) is 0. The molecule has 0 amide bonds. The first-order valence-corrected chi connectivity index (χ1v) is 5.09. The average Bonchev–Trinajstić information content (AvgIpc) is 2.81. The summed E-state index contributed by atoms with van der Waals surface area (Å²) in [4.78, 5) is 22.6. The minimum atomic E-state index is -1.22. The molecule has 0 spiro atoms. The molecule has 0 bridgehead atoms. The Balaban J connectivity index is 2.41. The Hall–Kier alpha value is -2.50. The Labute approximate surface area is 101 Å². The van der Waals surface area contributed by atoms with E-state index in [0.29, 0.717) is 5.56 Å². The number of hydrogen-bond acceptors (Lipinski definition) is 3. The highest BCUT2D eigenvalue weighted by Crippen LogP contribution is 2.12. The van der Waals surface area contributed by atoms with E-state index < -0.39 is 17.7 Å². The Morgan fingerprint density at radius 1 is 1.33 bits per heavy atom. The highest BCUT2D eigenvalue weighted by molar-refractivity contribution is 5.97. The molecule has 92 valence electrons. The molecule has 0 aliphatic heterocycles.